The molecule has 0 atom stereocenters. The number of carbonyl (C=O) groups excluding carboxylic acids is 1. The monoisotopic (exact) mass is 350 g/mol. The van der Waals surface area contributed by atoms with Gasteiger partial charge < -0.3 is 5.32 Å². The van der Waals surface area contributed by atoms with Gasteiger partial charge in [-0.1, -0.05) is 12.1 Å². The summed E-state index contributed by atoms with van der Waals surface area (Å²) in [6.07, 6.45) is 0.258. The summed E-state index contributed by atoms with van der Waals surface area (Å²) in [5.74, 6) is -4.02. The molecule has 2 rings (SSSR count). The highest BCUT2D eigenvalue weighted by molar-refractivity contribution is 7.91. The fourth-order valence-electron chi connectivity index (χ4n) is 1.90. The van der Waals surface area contributed by atoms with E-state index in [1.54, 1.807) is 24.3 Å². The van der Waals surface area contributed by atoms with Crippen molar-refractivity contribution in [3.8, 4) is 6.07 Å². The van der Waals surface area contributed by atoms with Crippen LogP contribution in [-0.4, -0.2) is 20.1 Å². The number of sulfone groups is 1. The molecule has 8 heteroatoms. The first kappa shape index (κ1) is 17.6. The van der Waals surface area contributed by atoms with Crippen molar-refractivity contribution in [2.75, 3.05) is 5.32 Å². The van der Waals surface area contributed by atoms with E-state index in [1.807, 2.05) is 6.07 Å². The Hall–Kier alpha value is -2.79. The topological polar surface area (TPSA) is 87.0 Å². The summed E-state index contributed by atoms with van der Waals surface area (Å²) >= 11 is 0. The summed E-state index contributed by atoms with van der Waals surface area (Å²) in [5, 5.41) is 11.2. The van der Waals surface area contributed by atoms with E-state index < -0.39 is 26.4 Å². The molecule has 5 nitrogen and oxygen atoms in total. The third-order valence-electron chi connectivity index (χ3n) is 3.17. The van der Waals surface area contributed by atoms with E-state index in [2.05, 4.69) is 5.32 Å². The van der Waals surface area contributed by atoms with Gasteiger partial charge in [-0.3, -0.25) is 4.79 Å². The molecule has 0 heterocycles. The standard InChI is InChI=1S/C16H12F2N2O3S/c17-16(18)24(22,23)14-7-3-12(4-8-14)15(21)20-13-5-1-11(2-6-13)9-10-19/h1-8,16H,9H2,(H,20,21). The van der Waals surface area contributed by atoms with Gasteiger partial charge in [-0.2, -0.15) is 14.0 Å². The van der Waals surface area contributed by atoms with Crippen molar-refractivity contribution in [3.63, 3.8) is 0 Å². The number of nitriles is 1. The lowest BCUT2D eigenvalue weighted by Gasteiger charge is -2.07. The maximum atomic E-state index is 12.4. The minimum atomic E-state index is -4.68. The second kappa shape index (κ2) is 7.19. The van der Waals surface area contributed by atoms with Gasteiger partial charge in [0.15, 0.2) is 0 Å². The molecule has 0 saturated carbocycles. The van der Waals surface area contributed by atoms with Crippen LogP contribution in [0, 0.1) is 11.3 Å². The van der Waals surface area contributed by atoms with Gasteiger partial charge in [-0.05, 0) is 42.0 Å². The number of hydrogen-bond acceptors (Lipinski definition) is 4. The molecule has 2 aromatic rings. The van der Waals surface area contributed by atoms with Crippen LogP contribution in [0.5, 0.6) is 0 Å². The summed E-state index contributed by atoms with van der Waals surface area (Å²) in [7, 11) is -4.68. The smallest absolute Gasteiger partial charge is 0.322 e. The maximum absolute atomic E-state index is 12.4. The zero-order valence-electron chi connectivity index (χ0n) is 12.2. The van der Waals surface area contributed by atoms with Crippen LogP contribution in [0.1, 0.15) is 15.9 Å². The minimum absolute atomic E-state index is 0.129. The molecule has 0 aliphatic carbocycles. The minimum Gasteiger partial charge on any atom is -0.322 e. The van der Waals surface area contributed by atoms with Crippen molar-refractivity contribution in [3.05, 3.63) is 59.7 Å². The van der Waals surface area contributed by atoms with Crippen LogP contribution in [0.4, 0.5) is 14.5 Å². The zero-order chi connectivity index (χ0) is 17.7. The lowest BCUT2D eigenvalue weighted by atomic mass is 10.1. The van der Waals surface area contributed by atoms with Crippen molar-refractivity contribution in [2.24, 2.45) is 0 Å². The van der Waals surface area contributed by atoms with Crippen molar-refractivity contribution in [1.82, 2.24) is 0 Å². The first-order valence-corrected chi connectivity index (χ1v) is 8.28. The van der Waals surface area contributed by atoms with Crippen LogP contribution in [0.2, 0.25) is 0 Å². The van der Waals surface area contributed by atoms with E-state index >= 15 is 0 Å². The highest BCUT2D eigenvalue weighted by atomic mass is 32.2. The molecule has 0 radical (unpaired) electrons. The summed E-state index contributed by atoms with van der Waals surface area (Å²) in [6, 6.07) is 12.9. The number of amides is 1. The van der Waals surface area contributed by atoms with Gasteiger partial charge in [-0.15, -0.1) is 0 Å². The highest BCUT2D eigenvalue weighted by Gasteiger charge is 2.26. The van der Waals surface area contributed by atoms with Crippen LogP contribution >= 0.6 is 0 Å². The SMILES string of the molecule is N#CCc1ccc(NC(=O)c2ccc(S(=O)(=O)C(F)F)cc2)cc1. The lowest BCUT2D eigenvalue weighted by Crippen LogP contribution is -2.14. The fraction of sp³-hybridized carbons (Fsp3) is 0.125. The van der Waals surface area contributed by atoms with Crippen molar-refractivity contribution in [1.29, 1.82) is 5.26 Å². The Balaban J connectivity index is 2.12. The molecule has 0 aliphatic rings. The number of carbonyl (C=O) groups is 1. The fourth-order valence-corrected chi connectivity index (χ4v) is 2.62. The molecule has 0 fully saturated rings. The molecule has 0 saturated heterocycles. The summed E-state index contributed by atoms with van der Waals surface area (Å²) < 4.78 is 47.5. The second-order valence-electron chi connectivity index (χ2n) is 4.82. The molecular formula is C16H12F2N2O3S. The summed E-state index contributed by atoms with van der Waals surface area (Å²) in [5.41, 5.74) is 1.42. The van der Waals surface area contributed by atoms with E-state index in [4.69, 9.17) is 5.26 Å². The van der Waals surface area contributed by atoms with Crippen molar-refractivity contribution in [2.45, 2.75) is 17.1 Å². The number of halogens is 2. The van der Waals surface area contributed by atoms with E-state index in [0.29, 0.717) is 5.69 Å². The second-order valence-corrected chi connectivity index (χ2v) is 6.73. The number of hydrogen-bond donors (Lipinski definition) is 1. The third-order valence-corrected chi connectivity index (χ3v) is 4.57. The van der Waals surface area contributed by atoms with E-state index in [1.165, 1.54) is 0 Å². The molecule has 0 spiro atoms. The average Bonchev–Trinajstić information content (AvgIpc) is 2.57. The highest BCUT2D eigenvalue weighted by Crippen LogP contribution is 2.19. The van der Waals surface area contributed by atoms with Crippen LogP contribution in [0.15, 0.2) is 53.4 Å². The molecule has 2 aromatic carbocycles. The van der Waals surface area contributed by atoms with Crippen LogP contribution in [-0.2, 0) is 16.3 Å². The van der Waals surface area contributed by atoms with Crippen molar-refractivity contribution >= 4 is 21.4 Å². The molecule has 24 heavy (non-hydrogen) atoms. The van der Waals surface area contributed by atoms with Crippen LogP contribution < -0.4 is 5.32 Å². The summed E-state index contributed by atoms with van der Waals surface area (Å²) in [6.45, 7) is 0. The first-order valence-electron chi connectivity index (χ1n) is 6.74. The number of nitrogens with one attached hydrogen (secondary N) is 1. The van der Waals surface area contributed by atoms with Crippen LogP contribution in [0.3, 0.4) is 0 Å². The Kier molecular flexibility index (Phi) is 5.26. The van der Waals surface area contributed by atoms with E-state index in [9.17, 15) is 22.0 Å². The number of nitrogens with zero attached hydrogens (tertiary/aromatic N) is 1. The Bertz CT molecular complexity index is 871. The first-order chi connectivity index (χ1) is 11.3. The predicted molar refractivity (Wildman–Crippen MR) is 83.3 cm³/mol. The van der Waals surface area contributed by atoms with Gasteiger partial charge in [0.05, 0.1) is 17.4 Å². The van der Waals surface area contributed by atoms with Gasteiger partial charge in [0, 0.05) is 11.3 Å². The summed E-state index contributed by atoms with van der Waals surface area (Å²) in [4.78, 5) is 11.5. The van der Waals surface area contributed by atoms with Crippen LogP contribution in [0.25, 0.3) is 0 Å². The molecule has 1 N–H and O–H groups in total. The number of rotatable bonds is 5. The molecule has 124 valence electrons. The lowest BCUT2D eigenvalue weighted by molar-refractivity contribution is 0.102. The third kappa shape index (κ3) is 3.94. The van der Waals surface area contributed by atoms with Gasteiger partial charge in [0.25, 0.3) is 5.91 Å². The quantitative estimate of drug-likeness (QED) is 0.898. The average molecular weight is 350 g/mol. The molecule has 0 aromatic heterocycles. The Morgan fingerprint density at radius 1 is 1.08 bits per heavy atom. The van der Waals surface area contributed by atoms with Gasteiger partial charge in [0.1, 0.15) is 0 Å². The van der Waals surface area contributed by atoms with Crippen molar-refractivity contribution < 1.29 is 22.0 Å². The van der Waals surface area contributed by atoms with Gasteiger partial charge >= 0.3 is 5.76 Å². The molecule has 0 unspecified atom stereocenters. The largest absolute Gasteiger partial charge is 0.341 e. The Morgan fingerprint density at radius 2 is 1.67 bits per heavy atom. The zero-order valence-corrected chi connectivity index (χ0v) is 13.1. The molecule has 1 amide bonds. The van der Waals surface area contributed by atoms with E-state index in [-0.39, 0.29) is 12.0 Å². The van der Waals surface area contributed by atoms with Gasteiger partial charge in [0.2, 0.25) is 9.84 Å². The maximum Gasteiger partial charge on any atom is 0.341 e. The van der Waals surface area contributed by atoms with E-state index in [0.717, 1.165) is 29.8 Å². The van der Waals surface area contributed by atoms with Gasteiger partial charge in [-0.25, -0.2) is 8.42 Å². The normalized spacial score (nSPS) is 11.1. The molecule has 0 bridgehead atoms. The molecular weight excluding hydrogens is 338 g/mol. The molecule has 0 aliphatic heterocycles. The number of benzene rings is 2. The number of alkyl halides is 2. The number of anilines is 1. The Morgan fingerprint density at radius 3 is 2.17 bits per heavy atom. The Labute approximate surface area is 137 Å². The predicted octanol–water partition coefficient (Wildman–Crippen LogP) is 3.00.